The number of nitrogens with two attached hydrogens (primary N) is 1. The molecule has 0 bridgehead atoms. The second-order valence-corrected chi connectivity index (χ2v) is 13.8. The van der Waals surface area contributed by atoms with E-state index < -0.39 is 12.1 Å². The number of carbonyl (C=O) groups excluding carboxylic acids is 3. The Bertz CT molecular complexity index is 882. The van der Waals surface area contributed by atoms with Crippen molar-refractivity contribution in [1.82, 2.24) is 5.32 Å². The number of amides is 1. The number of hydrogen-bond donors (Lipinski definition) is 3. The molecular formula is C30H50N2O4S. The number of Topliss-reactive ketones (excluding diaryl/α,β-unsaturated/α-hetero) is 1. The summed E-state index contributed by atoms with van der Waals surface area (Å²) in [6, 6.07) is -1.42. The Hall–Kier alpha value is -1.08. The van der Waals surface area contributed by atoms with Crippen molar-refractivity contribution in [1.29, 1.82) is 0 Å². The van der Waals surface area contributed by atoms with E-state index in [4.69, 9.17) is 10.5 Å². The van der Waals surface area contributed by atoms with Crippen molar-refractivity contribution < 1.29 is 19.1 Å². The molecule has 1 unspecified atom stereocenters. The molecule has 0 radical (unpaired) electrons. The van der Waals surface area contributed by atoms with Gasteiger partial charge >= 0.3 is 5.97 Å². The third kappa shape index (κ3) is 5.25. The van der Waals surface area contributed by atoms with Crippen LogP contribution in [0.25, 0.3) is 0 Å². The van der Waals surface area contributed by atoms with Gasteiger partial charge in [0.05, 0.1) is 6.04 Å². The summed E-state index contributed by atoms with van der Waals surface area (Å²) in [7, 11) is 0. The smallest absolute Gasteiger partial charge is 0.329 e. The minimum atomic E-state index is -0.740. The summed E-state index contributed by atoms with van der Waals surface area (Å²) in [6.45, 7) is 10.7. The zero-order chi connectivity index (χ0) is 27.1. The van der Waals surface area contributed by atoms with Gasteiger partial charge in [0.2, 0.25) is 5.91 Å². The highest BCUT2D eigenvalue weighted by Gasteiger charge is 2.61. The average molecular weight is 535 g/mol. The van der Waals surface area contributed by atoms with Crippen LogP contribution in [0.2, 0.25) is 0 Å². The van der Waals surface area contributed by atoms with Crippen molar-refractivity contribution in [3.05, 3.63) is 0 Å². The van der Waals surface area contributed by atoms with Gasteiger partial charge in [0, 0.05) is 11.7 Å². The summed E-state index contributed by atoms with van der Waals surface area (Å²) in [5.41, 5.74) is 6.31. The summed E-state index contributed by atoms with van der Waals surface area (Å²) >= 11 is 4.11. The lowest BCUT2D eigenvalue weighted by molar-refractivity contribution is -0.167. The predicted molar refractivity (Wildman–Crippen MR) is 149 cm³/mol. The number of carbonyl (C=O) groups is 3. The molecule has 4 fully saturated rings. The molecule has 210 valence electrons. The van der Waals surface area contributed by atoms with Crippen LogP contribution in [0.4, 0.5) is 0 Å². The molecular weight excluding hydrogens is 484 g/mol. The molecule has 37 heavy (non-hydrogen) atoms. The van der Waals surface area contributed by atoms with Gasteiger partial charge in [0.15, 0.2) is 0 Å². The van der Waals surface area contributed by atoms with Crippen molar-refractivity contribution in [3.8, 4) is 0 Å². The largest absolute Gasteiger partial charge is 0.461 e. The highest BCUT2D eigenvalue weighted by molar-refractivity contribution is 7.80. The number of ether oxygens (including phenoxy) is 1. The summed E-state index contributed by atoms with van der Waals surface area (Å²) in [6.07, 6.45) is 10.7. The van der Waals surface area contributed by atoms with E-state index in [9.17, 15) is 14.4 Å². The van der Waals surface area contributed by atoms with Crippen molar-refractivity contribution in [2.45, 2.75) is 117 Å². The Kier molecular flexibility index (Phi) is 8.75. The van der Waals surface area contributed by atoms with Gasteiger partial charge in [-0.05, 0) is 105 Å². The van der Waals surface area contributed by atoms with Crippen LogP contribution in [-0.4, -0.2) is 41.6 Å². The number of ketones is 1. The Morgan fingerprint density at radius 2 is 1.70 bits per heavy atom. The summed E-state index contributed by atoms with van der Waals surface area (Å²) < 4.78 is 6.10. The van der Waals surface area contributed by atoms with Crippen LogP contribution in [-0.2, 0) is 19.1 Å². The summed E-state index contributed by atoms with van der Waals surface area (Å²) in [5.74, 6) is 2.84. The third-order valence-corrected chi connectivity index (χ3v) is 12.1. The fourth-order valence-electron chi connectivity index (χ4n) is 9.24. The van der Waals surface area contributed by atoms with Crippen molar-refractivity contribution in [2.24, 2.45) is 52.1 Å². The van der Waals surface area contributed by atoms with Crippen LogP contribution < -0.4 is 11.1 Å². The number of fused-ring (bicyclic) bond motifs is 5. The topological polar surface area (TPSA) is 98.5 Å². The minimum absolute atomic E-state index is 0.0327. The van der Waals surface area contributed by atoms with E-state index in [1.54, 1.807) is 6.92 Å². The first kappa shape index (κ1) is 28.9. The molecule has 3 N–H and O–H groups in total. The number of thiol groups is 1. The van der Waals surface area contributed by atoms with E-state index in [0.717, 1.165) is 38.0 Å². The van der Waals surface area contributed by atoms with Gasteiger partial charge in [-0.25, -0.2) is 4.79 Å². The zero-order valence-electron chi connectivity index (χ0n) is 23.6. The van der Waals surface area contributed by atoms with Gasteiger partial charge in [-0.2, -0.15) is 12.6 Å². The molecule has 0 aromatic heterocycles. The van der Waals surface area contributed by atoms with Gasteiger partial charge in [-0.1, -0.05) is 34.1 Å². The van der Waals surface area contributed by atoms with E-state index in [0.29, 0.717) is 23.5 Å². The fraction of sp³-hybridized carbons (Fsp3) is 0.900. The first-order chi connectivity index (χ1) is 17.5. The van der Waals surface area contributed by atoms with Gasteiger partial charge in [-0.3, -0.25) is 9.59 Å². The van der Waals surface area contributed by atoms with Crippen molar-refractivity contribution >= 4 is 30.3 Å². The lowest BCUT2D eigenvalue weighted by atomic mass is 9.44. The van der Waals surface area contributed by atoms with Gasteiger partial charge in [0.25, 0.3) is 0 Å². The number of rotatable bonds is 8. The quantitative estimate of drug-likeness (QED) is 0.303. The molecule has 11 atom stereocenters. The van der Waals surface area contributed by atoms with Gasteiger partial charge in [-0.15, -0.1) is 0 Å². The van der Waals surface area contributed by atoms with Crippen LogP contribution in [0.1, 0.15) is 98.8 Å². The number of esters is 1. The highest BCUT2D eigenvalue weighted by Crippen LogP contribution is 2.67. The van der Waals surface area contributed by atoms with Crippen LogP contribution in [0.15, 0.2) is 0 Å². The van der Waals surface area contributed by atoms with Crippen molar-refractivity contribution in [3.63, 3.8) is 0 Å². The Balaban J connectivity index is 1.41. The molecule has 0 spiro atoms. The molecule has 4 aliphatic carbocycles. The molecule has 0 aliphatic heterocycles. The molecule has 4 aliphatic rings. The fourth-order valence-corrected chi connectivity index (χ4v) is 9.41. The Labute approximate surface area is 229 Å². The van der Waals surface area contributed by atoms with Gasteiger partial charge < -0.3 is 15.8 Å². The molecule has 0 saturated heterocycles. The predicted octanol–water partition coefficient (Wildman–Crippen LogP) is 4.93. The van der Waals surface area contributed by atoms with E-state index in [-0.39, 0.29) is 46.4 Å². The minimum Gasteiger partial charge on any atom is -0.461 e. The molecule has 6 nitrogen and oxygen atoms in total. The monoisotopic (exact) mass is 534 g/mol. The Morgan fingerprint density at radius 3 is 2.35 bits per heavy atom. The van der Waals surface area contributed by atoms with Crippen LogP contribution in [0.3, 0.4) is 0 Å². The SMILES string of the molecule is CCC(C)[C@H](NC(=O)[C@@H](N)CS)C(=O)O[C@@H]1CC[C@@]2(C)[C@@H](CC[C@@H]3[C@@H]2CC[C@]2(C)[C@@H](C(C)=O)CC[C@@H]32)C1. The first-order valence-corrected chi connectivity index (χ1v) is 15.5. The van der Waals surface area contributed by atoms with Crippen molar-refractivity contribution in [2.75, 3.05) is 5.75 Å². The summed E-state index contributed by atoms with van der Waals surface area (Å²) in [5, 5.41) is 2.83. The first-order valence-electron chi connectivity index (χ1n) is 14.8. The number of hydrogen-bond acceptors (Lipinski definition) is 6. The normalized spacial score (nSPS) is 41.4. The molecule has 0 aromatic carbocycles. The third-order valence-electron chi connectivity index (χ3n) is 11.7. The second-order valence-electron chi connectivity index (χ2n) is 13.4. The zero-order valence-corrected chi connectivity index (χ0v) is 24.5. The average Bonchev–Trinajstić information content (AvgIpc) is 3.23. The lowest BCUT2D eigenvalue weighted by Gasteiger charge is -2.61. The number of nitrogens with one attached hydrogen (secondary N) is 1. The maximum absolute atomic E-state index is 13.2. The van der Waals surface area contributed by atoms with Gasteiger partial charge in [0.1, 0.15) is 17.9 Å². The van der Waals surface area contributed by atoms with Crippen LogP contribution in [0.5, 0.6) is 0 Å². The van der Waals surface area contributed by atoms with E-state index >= 15 is 0 Å². The van der Waals surface area contributed by atoms with E-state index in [1.807, 2.05) is 13.8 Å². The molecule has 0 aromatic rings. The molecule has 4 saturated carbocycles. The van der Waals surface area contributed by atoms with E-state index in [1.165, 1.54) is 32.1 Å². The van der Waals surface area contributed by atoms with E-state index in [2.05, 4.69) is 31.8 Å². The maximum atomic E-state index is 13.2. The standard InChI is InChI=1S/C30H50N2O4S/c1-6-17(2)26(32-27(34)25(31)16-37)28(35)36-20-11-13-29(4)19(15-20)7-8-21-23-10-9-22(18(3)33)30(23,5)14-12-24(21)29/h17,19-26,37H,6-16,31H2,1-5H3,(H,32,34)/t17?,19-,20+,21-,22+,23-,24-,25-,26-,29-,30+/m0/s1. The molecule has 1 amide bonds. The lowest BCUT2D eigenvalue weighted by Crippen LogP contribution is -2.55. The highest BCUT2D eigenvalue weighted by atomic mass is 32.1. The Morgan fingerprint density at radius 1 is 1.03 bits per heavy atom. The molecule has 7 heteroatoms. The van der Waals surface area contributed by atoms with Crippen LogP contribution in [0, 0.1) is 46.3 Å². The summed E-state index contributed by atoms with van der Waals surface area (Å²) in [4.78, 5) is 38.1. The molecule has 4 rings (SSSR count). The molecule has 0 heterocycles. The maximum Gasteiger partial charge on any atom is 0.329 e. The van der Waals surface area contributed by atoms with Crippen LogP contribution >= 0.6 is 12.6 Å². The second kappa shape index (κ2) is 11.2.